The summed E-state index contributed by atoms with van der Waals surface area (Å²) in [5.41, 5.74) is 0. The van der Waals surface area contributed by atoms with Gasteiger partial charge < -0.3 is 14.9 Å². The van der Waals surface area contributed by atoms with E-state index in [1.54, 1.807) is 29.8 Å². The zero-order chi connectivity index (χ0) is 14.3. The second-order valence-electron chi connectivity index (χ2n) is 3.71. The maximum atomic E-state index is 11.1. The van der Waals surface area contributed by atoms with Crippen LogP contribution in [0.2, 0.25) is 10.0 Å². The Balaban J connectivity index is 2.10. The number of ether oxygens (including phenoxy) is 1. The first-order chi connectivity index (χ1) is 9.58. The van der Waals surface area contributed by atoms with Gasteiger partial charge in [0.2, 0.25) is 0 Å². The van der Waals surface area contributed by atoms with Gasteiger partial charge in [-0.15, -0.1) is 0 Å². The summed E-state index contributed by atoms with van der Waals surface area (Å²) < 4.78 is 6.79. The molecule has 2 heterocycles. The molecule has 2 aromatic heterocycles. The first-order valence-electron chi connectivity index (χ1n) is 5.29. The third-order valence-corrected chi connectivity index (χ3v) is 4.06. The summed E-state index contributed by atoms with van der Waals surface area (Å²) in [5.74, 6) is -0.156. The molecule has 3 aromatic rings. The van der Waals surface area contributed by atoms with E-state index in [0.717, 1.165) is 0 Å². The zero-order valence-corrected chi connectivity index (χ0v) is 11.9. The van der Waals surface area contributed by atoms with Crippen molar-refractivity contribution in [1.29, 1.82) is 0 Å². The minimum absolute atomic E-state index is 0.119. The van der Waals surface area contributed by atoms with Crippen molar-refractivity contribution >= 4 is 45.3 Å². The smallest absolute Gasteiger partial charge is 0.393 e. The van der Waals surface area contributed by atoms with E-state index in [-0.39, 0.29) is 22.5 Å². The van der Waals surface area contributed by atoms with Gasteiger partial charge in [-0.1, -0.05) is 40.6 Å². The van der Waals surface area contributed by atoms with Crippen molar-refractivity contribution in [3.63, 3.8) is 0 Å². The Morgan fingerprint density at radius 1 is 1.40 bits per heavy atom. The largest absolute Gasteiger partial charge is 0.431 e. The summed E-state index contributed by atoms with van der Waals surface area (Å²) in [6.45, 7) is 0. The minimum atomic E-state index is -0.555. The van der Waals surface area contributed by atoms with E-state index in [0.29, 0.717) is 9.98 Å². The van der Waals surface area contributed by atoms with Gasteiger partial charge in [0.1, 0.15) is 17.0 Å². The lowest BCUT2D eigenvalue weighted by atomic mass is 10.3. The van der Waals surface area contributed by atoms with Crippen molar-refractivity contribution in [1.82, 2.24) is 9.38 Å². The van der Waals surface area contributed by atoms with Crippen LogP contribution in [0.3, 0.4) is 0 Å². The molecule has 0 fully saturated rings. The monoisotopic (exact) mass is 329 g/mol. The van der Waals surface area contributed by atoms with E-state index in [2.05, 4.69) is 4.98 Å². The van der Waals surface area contributed by atoms with E-state index in [1.165, 1.54) is 15.7 Å². The van der Waals surface area contributed by atoms with Gasteiger partial charge in [0.15, 0.2) is 0 Å². The Hall–Kier alpha value is -1.83. The van der Waals surface area contributed by atoms with E-state index < -0.39 is 4.92 Å². The quantitative estimate of drug-likeness (QED) is 0.527. The maximum Gasteiger partial charge on any atom is 0.393 e. The lowest BCUT2D eigenvalue weighted by Crippen LogP contribution is -1.95. The van der Waals surface area contributed by atoms with Gasteiger partial charge in [-0.25, -0.2) is 0 Å². The second kappa shape index (κ2) is 4.93. The highest BCUT2D eigenvalue weighted by Crippen LogP contribution is 2.38. The Morgan fingerprint density at radius 3 is 2.95 bits per heavy atom. The van der Waals surface area contributed by atoms with Gasteiger partial charge >= 0.3 is 11.7 Å². The molecule has 0 aliphatic heterocycles. The standard InChI is InChI=1S/C11H5Cl2N3O3S/c12-6-2-1-3-7(8(6)13)19-9-10(16(17)18)15-4-5-20-11(15)14-9/h1-5H. The van der Waals surface area contributed by atoms with Crippen LogP contribution in [-0.2, 0) is 0 Å². The third-order valence-electron chi connectivity index (χ3n) is 2.50. The molecule has 9 heteroatoms. The number of nitrogens with zero attached hydrogens (tertiary/aromatic N) is 3. The molecule has 0 amide bonds. The van der Waals surface area contributed by atoms with Crippen LogP contribution in [0.1, 0.15) is 0 Å². The van der Waals surface area contributed by atoms with E-state index >= 15 is 0 Å². The molecule has 6 nitrogen and oxygen atoms in total. The molecule has 0 aliphatic carbocycles. The van der Waals surface area contributed by atoms with Gasteiger partial charge in [-0.2, -0.15) is 9.38 Å². The predicted molar refractivity (Wildman–Crippen MR) is 76.3 cm³/mol. The number of thiazole rings is 1. The number of hydrogen-bond donors (Lipinski definition) is 0. The summed E-state index contributed by atoms with van der Waals surface area (Å²) >= 11 is 13.1. The topological polar surface area (TPSA) is 69.7 Å². The van der Waals surface area contributed by atoms with Crippen molar-refractivity contribution in [2.24, 2.45) is 0 Å². The van der Waals surface area contributed by atoms with Crippen molar-refractivity contribution < 1.29 is 9.66 Å². The lowest BCUT2D eigenvalue weighted by molar-refractivity contribution is -0.391. The Bertz CT molecular complexity index is 814. The number of nitro groups is 1. The molecule has 0 bridgehead atoms. The molecule has 0 saturated carbocycles. The van der Waals surface area contributed by atoms with Crippen molar-refractivity contribution in [3.05, 3.63) is 49.9 Å². The number of hydrogen-bond acceptors (Lipinski definition) is 5. The average molecular weight is 330 g/mol. The first-order valence-corrected chi connectivity index (χ1v) is 6.93. The molecule has 0 aliphatic rings. The maximum absolute atomic E-state index is 11.1. The number of imidazole rings is 1. The van der Waals surface area contributed by atoms with Gasteiger partial charge in [0.25, 0.3) is 4.96 Å². The SMILES string of the molecule is O=[N+]([O-])c1c(Oc2cccc(Cl)c2Cl)nc2sccn12. The molecule has 0 saturated heterocycles. The van der Waals surface area contributed by atoms with Crippen molar-refractivity contribution in [3.8, 4) is 11.6 Å². The summed E-state index contributed by atoms with van der Waals surface area (Å²) in [5, 5.41) is 13.3. The van der Waals surface area contributed by atoms with Crippen LogP contribution in [0.15, 0.2) is 29.8 Å². The van der Waals surface area contributed by atoms with Gasteiger partial charge in [0, 0.05) is 5.38 Å². The van der Waals surface area contributed by atoms with Gasteiger partial charge in [-0.05, 0) is 17.1 Å². The molecule has 20 heavy (non-hydrogen) atoms. The molecular formula is C11H5Cl2N3O3S. The fraction of sp³-hybridized carbons (Fsp3) is 0. The zero-order valence-electron chi connectivity index (χ0n) is 9.62. The molecule has 0 N–H and O–H groups in total. The number of aromatic nitrogens is 2. The predicted octanol–water partition coefficient (Wildman–Crippen LogP) is 4.40. The summed E-state index contributed by atoms with van der Waals surface area (Å²) in [6, 6.07) is 4.79. The van der Waals surface area contributed by atoms with E-state index in [4.69, 9.17) is 27.9 Å². The number of rotatable bonds is 3. The Labute approximate surface area is 126 Å². The summed E-state index contributed by atoms with van der Waals surface area (Å²) in [7, 11) is 0. The number of fused-ring (bicyclic) bond motifs is 1. The molecule has 1 aromatic carbocycles. The molecule has 0 spiro atoms. The molecule has 0 atom stereocenters. The number of halogens is 2. The van der Waals surface area contributed by atoms with Crippen LogP contribution in [0.25, 0.3) is 4.96 Å². The lowest BCUT2D eigenvalue weighted by Gasteiger charge is -2.05. The van der Waals surface area contributed by atoms with Gasteiger partial charge in [-0.3, -0.25) is 0 Å². The van der Waals surface area contributed by atoms with Crippen molar-refractivity contribution in [2.45, 2.75) is 0 Å². The molecule has 0 radical (unpaired) electrons. The summed E-state index contributed by atoms with van der Waals surface area (Å²) in [4.78, 5) is 15.1. The highest BCUT2D eigenvalue weighted by molar-refractivity contribution is 7.15. The Morgan fingerprint density at radius 2 is 2.20 bits per heavy atom. The Kier molecular flexibility index (Phi) is 3.25. The van der Waals surface area contributed by atoms with Crippen LogP contribution in [0, 0.1) is 10.1 Å². The van der Waals surface area contributed by atoms with Crippen molar-refractivity contribution in [2.75, 3.05) is 0 Å². The fourth-order valence-corrected chi connectivity index (χ4v) is 2.69. The minimum Gasteiger partial charge on any atom is -0.431 e. The van der Waals surface area contributed by atoms with Crippen LogP contribution in [-0.4, -0.2) is 14.3 Å². The van der Waals surface area contributed by atoms with Crippen LogP contribution >= 0.6 is 34.5 Å². The van der Waals surface area contributed by atoms with Crippen LogP contribution < -0.4 is 4.74 Å². The first kappa shape index (κ1) is 13.2. The van der Waals surface area contributed by atoms with Crippen LogP contribution in [0.5, 0.6) is 11.6 Å². The molecular weight excluding hydrogens is 325 g/mol. The number of benzene rings is 1. The highest BCUT2D eigenvalue weighted by Gasteiger charge is 2.26. The highest BCUT2D eigenvalue weighted by atomic mass is 35.5. The van der Waals surface area contributed by atoms with Crippen LogP contribution in [0.4, 0.5) is 5.82 Å². The summed E-state index contributed by atoms with van der Waals surface area (Å²) in [6.07, 6.45) is 1.55. The fourth-order valence-electron chi connectivity index (χ4n) is 1.66. The van der Waals surface area contributed by atoms with E-state index in [9.17, 15) is 10.1 Å². The average Bonchev–Trinajstić information content (AvgIpc) is 2.94. The van der Waals surface area contributed by atoms with Gasteiger partial charge in [0.05, 0.1) is 5.02 Å². The van der Waals surface area contributed by atoms with E-state index in [1.807, 2.05) is 0 Å². The normalized spacial score (nSPS) is 10.9. The molecule has 102 valence electrons. The third kappa shape index (κ3) is 2.09. The second-order valence-corrected chi connectivity index (χ2v) is 5.37. The molecule has 3 rings (SSSR count). The molecule has 0 unspecified atom stereocenters.